The Kier molecular flexibility index (Phi) is 8.64. The molecule has 3 atom stereocenters. The van der Waals surface area contributed by atoms with Gasteiger partial charge in [-0.05, 0) is 49.3 Å². The molecule has 3 rings (SSSR count). The molecule has 200 valence electrons. The number of ether oxygens (including phenoxy) is 1. The molecule has 8 heteroatoms. The summed E-state index contributed by atoms with van der Waals surface area (Å²) in [5.41, 5.74) is 1.97. The van der Waals surface area contributed by atoms with Gasteiger partial charge in [-0.3, -0.25) is 4.79 Å². The van der Waals surface area contributed by atoms with E-state index in [4.69, 9.17) is 4.74 Å². The van der Waals surface area contributed by atoms with Gasteiger partial charge in [-0.1, -0.05) is 68.4 Å². The van der Waals surface area contributed by atoms with E-state index in [1.807, 2.05) is 89.2 Å². The molecule has 2 aromatic rings. The molecule has 1 aliphatic heterocycles. The summed E-state index contributed by atoms with van der Waals surface area (Å²) in [7, 11) is 1.51. The van der Waals surface area contributed by atoms with Crippen molar-refractivity contribution in [2.24, 2.45) is 5.41 Å². The normalized spacial score (nSPS) is 18.8. The van der Waals surface area contributed by atoms with E-state index in [-0.39, 0.29) is 19.1 Å². The number of amides is 3. The van der Waals surface area contributed by atoms with Gasteiger partial charge in [0, 0.05) is 25.6 Å². The predicted molar refractivity (Wildman–Crippen MR) is 143 cm³/mol. The van der Waals surface area contributed by atoms with Crippen LogP contribution in [0.5, 0.6) is 0 Å². The molecule has 3 N–H and O–H groups in total. The van der Waals surface area contributed by atoms with Gasteiger partial charge in [0.2, 0.25) is 5.91 Å². The van der Waals surface area contributed by atoms with Crippen molar-refractivity contribution in [3.8, 4) is 11.1 Å². The second-order valence-electron chi connectivity index (χ2n) is 11.4. The summed E-state index contributed by atoms with van der Waals surface area (Å²) in [6.07, 6.45) is 0.329. The van der Waals surface area contributed by atoms with Crippen LogP contribution >= 0.6 is 0 Å². The molecule has 1 fully saturated rings. The maximum atomic E-state index is 13.9. The lowest BCUT2D eigenvalue weighted by Crippen LogP contribution is -2.61. The zero-order valence-corrected chi connectivity index (χ0v) is 22.6. The quantitative estimate of drug-likeness (QED) is 0.497. The molecule has 37 heavy (non-hydrogen) atoms. The molecule has 0 spiro atoms. The summed E-state index contributed by atoms with van der Waals surface area (Å²) < 4.78 is 5.37. The van der Waals surface area contributed by atoms with Crippen molar-refractivity contribution in [1.82, 2.24) is 15.5 Å². The van der Waals surface area contributed by atoms with Crippen LogP contribution in [-0.4, -0.2) is 65.3 Å². The Labute approximate surface area is 219 Å². The topological polar surface area (TPSA) is 108 Å². The maximum absolute atomic E-state index is 13.9. The van der Waals surface area contributed by atoms with Crippen LogP contribution in [0.1, 0.15) is 46.6 Å². The van der Waals surface area contributed by atoms with Crippen molar-refractivity contribution in [1.29, 1.82) is 0 Å². The van der Waals surface area contributed by atoms with Crippen molar-refractivity contribution in [2.45, 2.75) is 71.2 Å². The number of benzene rings is 2. The first-order chi connectivity index (χ1) is 17.3. The second kappa shape index (κ2) is 11.3. The highest BCUT2D eigenvalue weighted by Crippen LogP contribution is 2.31. The highest BCUT2D eigenvalue weighted by molar-refractivity contribution is 5.91. The lowest BCUT2D eigenvalue weighted by molar-refractivity contribution is -0.150. The van der Waals surface area contributed by atoms with E-state index < -0.39 is 40.9 Å². The first kappa shape index (κ1) is 28.2. The fraction of sp³-hybridized carbons (Fsp3) is 0.483. The van der Waals surface area contributed by atoms with Crippen molar-refractivity contribution < 1.29 is 24.2 Å². The third-order valence-electron chi connectivity index (χ3n) is 6.68. The fourth-order valence-corrected chi connectivity index (χ4v) is 4.78. The summed E-state index contributed by atoms with van der Waals surface area (Å²) >= 11 is 0. The van der Waals surface area contributed by atoms with Crippen LogP contribution in [0, 0.1) is 5.41 Å². The standard InChI is InChI=1S/C29H39N3O5/c1-28(2,3)31-27(36)30-24(25(33)32-18-22(37-6)16-23(32)26(34)35)29(4,5)17-19-12-14-21(15-13-19)20-10-8-7-9-11-20/h7-15,22-24H,16-18H2,1-6H3,(H,34,35)(H2,30,31,36)/t22?,23?,24-/m1/s1. The third-order valence-corrected chi connectivity index (χ3v) is 6.68. The fourth-order valence-electron chi connectivity index (χ4n) is 4.78. The van der Waals surface area contributed by atoms with Crippen LogP contribution in [-0.2, 0) is 20.7 Å². The molecule has 0 saturated carbocycles. The van der Waals surface area contributed by atoms with E-state index in [1.54, 1.807) is 0 Å². The molecule has 8 nitrogen and oxygen atoms in total. The zero-order chi connectivity index (χ0) is 27.4. The summed E-state index contributed by atoms with van der Waals surface area (Å²) in [6, 6.07) is 15.8. The van der Waals surface area contributed by atoms with E-state index in [2.05, 4.69) is 10.6 Å². The van der Waals surface area contributed by atoms with Crippen LogP contribution in [0.25, 0.3) is 11.1 Å². The van der Waals surface area contributed by atoms with Crippen molar-refractivity contribution in [2.75, 3.05) is 13.7 Å². The van der Waals surface area contributed by atoms with Crippen molar-refractivity contribution in [3.05, 3.63) is 60.2 Å². The number of hydrogen-bond acceptors (Lipinski definition) is 4. The number of urea groups is 1. The number of carbonyl (C=O) groups is 3. The predicted octanol–water partition coefficient (Wildman–Crippen LogP) is 4.09. The lowest BCUT2D eigenvalue weighted by atomic mass is 9.77. The minimum Gasteiger partial charge on any atom is -0.480 e. The number of carboxylic acid groups (broad SMARTS) is 1. The SMILES string of the molecule is COC1CC(C(=O)O)N(C(=O)[C@@H](NC(=O)NC(C)(C)C)C(C)(C)Cc2ccc(-c3ccccc3)cc2)C1. The van der Waals surface area contributed by atoms with E-state index >= 15 is 0 Å². The Hall–Kier alpha value is -3.39. The number of aliphatic carboxylic acids is 1. The summed E-state index contributed by atoms with van der Waals surface area (Å²) in [5.74, 6) is -1.51. The first-order valence-corrected chi connectivity index (χ1v) is 12.6. The number of carbonyl (C=O) groups excluding carboxylic acids is 2. The summed E-state index contributed by atoms with van der Waals surface area (Å²) in [6.45, 7) is 9.55. The monoisotopic (exact) mass is 509 g/mol. The van der Waals surface area contributed by atoms with Crippen molar-refractivity contribution in [3.63, 3.8) is 0 Å². The average Bonchev–Trinajstić information content (AvgIpc) is 3.27. The van der Waals surface area contributed by atoms with Crippen LogP contribution < -0.4 is 10.6 Å². The number of likely N-dealkylation sites (tertiary alicyclic amines) is 1. The number of carboxylic acids is 1. The Balaban J connectivity index is 1.88. The molecule has 0 bridgehead atoms. The molecular weight excluding hydrogens is 470 g/mol. The molecular formula is C29H39N3O5. The van der Waals surface area contributed by atoms with E-state index in [0.717, 1.165) is 16.7 Å². The van der Waals surface area contributed by atoms with Gasteiger partial charge in [0.15, 0.2) is 0 Å². The highest BCUT2D eigenvalue weighted by atomic mass is 16.5. The van der Waals surface area contributed by atoms with E-state index in [9.17, 15) is 19.5 Å². The Morgan fingerprint density at radius 2 is 1.59 bits per heavy atom. The number of hydrogen-bond donors (Lipinski definition) is 3. The van der Waals surface area contributed by atoms with Crippen LogP contribution in [0.3, 0.4) is 0 Å². The maximum Gasteiger partial charge on any atom is 0.326 e. The van der Waals surface area contributed by atoms with Gasteiger partial charge in [0.25, 0.3) is 0 Å². The van der Waals surface area contributed by atoms with Gasteiger partial charge < -0.3 is 25.4 Å². The molecule has 2 unspecified atom stereocenters. The minimum atomic E-state index is -1.08. The third kappa shape index (κ3) is 7.32. The van der Waals surface area contributed by atoms with Gasteiger partial charge in [-0.2, -0.15) is 0 Å². The smallest absolute Gasteiger partial charge is 0.326 e. The summed E-state index contributed by atoms with van der Waals surface area (Å²) in [5, 5.41) is 15.5. The van der Waals surface area contributed by atoms with Crippen LogP contribution in [0.4, 0.5) is 4.79 Å². The van der Waals surface area contributed by atoms with Gasteiger partial charge in [-0.15, -0.1) is 0 Å². The molecule has 2 aromatic carbocycles. The Bertz CT molecular complexity index is 1090. The Morgan fingerprint density at radius 3 is 2.14 bits per heavy atom. The lowest BCUT2D eigenvalue weighted by Gasteiger charge is -2.38. The molecule has 3 amide bonds. The molecule has 0 aliphatic carbocycles. The second-order valence-corrected chi connectivity index (χ2v) is 11.4. The largest absolute Gasteiger partial charge is 0.480 e. The van der Waals surface area contributed by atoms with Crippen molar-refractivity contribution >= 4 is 17.9 Å². The minimum absolute atomic E-state index is 0.160. The Morgan fingerprint density at radius 1 is 1.00 bits per heavy atom. The molecule has 0 radical (unpaired) electrons. The zero-order valence-electron chi connectivity index (χ0n) is 22.6. The molecule has 0 aromatic heterocycles. The number of rotatable bonds is 8. The molecule has 1 aliphatic rings. The molecule has 1 heterocycles. The first-order valence-electron chi connectivity index (χ1n) is 12.6. The van der Waals surface area contributed by atoms with Gasteiger partial charge in [0.05, 0.1) is 6.10 Å². The molecule has 1 saturated heterocycles. The summed E-state index contributed by atoms with van der Waals surface area (Å²) in [4.78, 5) is 40.0. The van der Waals surface area contributed by atoms with Gasteiger partial charge in [0.1, 0.15) is 12.1 Å². The number of nitrogens with one attached hydrogen (secondary N) is 2. The highest BCUT2D eigenvalue weighted by Gasteiger charge is 2.46. The van der Waals surface area contributed by atoms with E-state index in [1.165, 1.54) is 12.0 Å². The van der Waals surface area contributed by atoms with Crippen LogP contribution in [0.15, 0.2) is 54.6 Å². The van der Waals surface area contributed by atoms with E-state index in [0.29, 0.717) is 6.42 Å². The van der Waals surface area contributed by atoms with Crippen LogP contribution in [0.2, 0.25) is 0 Å². The number of nitrogens with zero attached hydrogens (tertiary/aromatic N) is 1. The number of methoxy groups -OCH3 is 1. The average molecular weight is 510 g/mol. The van der Waals surface area contributed by atoms with Gasteiger partial charge >= 0.3 is 12.0 Å². The van der Waals surface area contributed by atoms with Gasteiger partial charge in [-0.25, -0.2) is 9.59 Å².